The van der Waals surface area contributed by atoms with E-state index < -0.39 is 0 Å². The Bertz CT molecular complexity index is 750. The van der Waals surface area contributed by atoms with Crippen LogP contribution >= 0.6 is 0 Å². The molecule has 0 saturated heterocycles. The average molecular weight is 337 g/mol. The molecule has 1 aliphatic rings. The van der Waals surface area contributed by atoms with Gasteiger partial charge in [-0.25, -0.2) is 4.68 Å². The smallest absolute Gasteiger partial charge is 0.228 e. The highest BCUT2D eigenvalue weighted by molar-refractivity contribution is 5.91. The lowest BCUT2D eigenvalue weighted by atomic mass is 9.87. The minimum atomic E-state index is 0.0689. The van der Waals surface area contributed by atoms with Gasteiger partial charge in [0, 0.05) is 12.0 Å². The van der Waals surface area contributed by atoms with Crippen molar-refractivity contribution in [1.29, 1.82) is 0 Å². The van der Waals surface area contributed by atoms with Crippen LogP contribution in [0.5, 0.6) is 0 Å². The largest absolute Gasteiger partial charge is 0.311 e. The zero-order chi connectivity index (χ0) is 17.9. The predicted molar refractivity (Wildman–Crippen MR) is 102 cm³/mol. The van der Waals surface area contributed by atoms with E-state index in [4.69, 9.17) is 0 Å². The third-order valence-corrected chi connectivity index (χ3v) is 4.76. The van der Waals surface area contributed by atoms with Crippen molar-refractivity contribution in [2.45, 2.75) is 52.0 Å². The lowest BCUT2D eigenvalue weighted by Gasteiger charge is -2.19. The maximum Gasteiger partial charge on any atom is 0.228 e. The molecule has 4 heteroatoms. The Morgan fingerprint density at radius 1 is 1.20 bits per heavy atom. The van der Waals surface area contributed by atoms with Gasteiger partial charge < -0.3 is 5.32 Å². The van der Waals surface area contributed by atoms with Gasteiger partial charge in [0.1, 0.15) is 5.82 Å². The quantitative estimate of drug-likeness (QED) is 0.834. The fraction of sp³-hybridized carbons (Fsp3) is 0.429. The Morgan fingerprint density at radius 3 is 2.60 bits per heavy atom. The van der Waals surface area contributed by atoms with Gasteiger partial charge in [-0.1, -0.05) is 57.2 Å². The normalized spacial score (nSPS) is 17.5. The van der Waals surface area contributed by atoms with Crippen LogP contribution in [0.1, 0.15) is 51.2 Å². The summed E-state index contributed by atoms with van der Waals surface area (Å²) >= 11 is 0. The van der Waals surface area contributed by atoms with E-state index in [1.165, 1.54) is 11.1 Å². The van der Waals surface area contributed by atoms with Crippen molar-refractivity contribution in [3.63, 3.8) is 0 Å². The molecule has 2 aromatic rings. The molecule has 132 valence electrons. The molecule has 1 aromatic heterocycles. The summed E-state index contributed by atoms with van der Waals surface area (Å²) in [4.78, 5) is 12.4. The number of carbonyl (C=O) groups is 1. The van der Waals surface area contributed by atoms with Gasteiger partial charge in [-0.2, -0.15) is 5.10 Å². The Morgan fingerprint density at radius 2 is 1.96 bits per heavy atom. The molecule has 1 aliphatic carbocycles. The molecule has 1 amide bonds. The molecular formula is C21H27N3O. The first kappa shape index (κ1) is 17.5. The van der Waals surface area contributed by atoms with E-state index in [-0.39, 0.29) is 17.2 Å². The van der Waals surface area contributed by atoms with Crippen LogP contribution < -0.4 is 5.32 Å². The van der Waals surface area contributed by atoms with Crippen molar-refractivity contribution in [1.82, 2.24) is 9.78 Å². The number of hydrogen-bond donors (Lipinski definition) is 1. The number of nitrogens with zero attached hydrogens (tertiary/aromatic N) is 2. The second-order valence-electron chi connectivity index (χ2n) is 7.79. The molecule has 1 atom stereocenters. The predicted octanol–water partition coefficient (Wildman–Crippen LogP) is 4.52. The molecule has 4 nitrogen and oxygen atoms in total. The average Bonchev–Trinajstić information content (AvgIpc) is 3.02. The minimum absolute atomic E-state index is 0.0689. The van der Waals surface area contributed by atoms with Gasteiger partial charge >= 0.3 is 0 Å². The monoisotopic (exact) mass is 337 g/mol. The third kappa shape index (κ3) is 4.38. The van der Waals surface area contributed by atoms with Gasteiger partial charge in [-0.3, -0.25) is 4.79 Å². The van der Waals surface area contributed by atoms with Crippen LogP contribution in [0.4, 0.5) is 5.82 Å². The number of benzene rings is 1. The first-order valence-corrected chi connectivity index (χ1v) is 9.00. The first-order valence-electron chi connectivity index (χ1n) is 9.00. The number of anilines is 1. The van der Waals surface area contributed by atoms with Crippen LogP contribution in [0.15, 0.2) is 48.7 Å². The van der Waals surface area contributed by atoms with E-state index in [0.29, 0.717) is 6.54 Å². The number of nitrogens with one attached hydrogen (secondary N) is 1. The molecular weight excluding hydrogens is 310 g/mol. The molecule has 1 unspecified atom stereocenters. The van der Waals surface area contributed by atoms with E-state index in [2.05, 4.69) is 67.6 Å². The highest BCUT2D eigenvalue weighted by atomic mass is 16.2. The number of rotatable bonds is 4. The first-order chi connectivity index (χ1) is 11.9. The molecule has 3 rings (SSSR count). The molecule has 1 N–H and O–H groups in total. The summed E-state index contributed by atoms with van der Waals surface area (Å²) in [5.41, 5.74) is 2.64. The van der Waals surface area contributed by atoms with Crippen LogP contribution in [-0.4, -0.2) is 15.7 Å². The van der Waals surface area contributed by atoms with Gasteiger partial charge in [0.15, 0.2) is 0 Å². The van der Waals surface area contributed by atoms with Crippen LogP contribution in [0.2, 0.25) is 0 Å². The zero-order valence-corrected chi connectivity index (χ0v) is 15.3. The summed E-state index contributed by atoms with van der Waals surface area (Å²) in [6, 6.07) is 10.5. The second kappa shape index (κ2) is 7.26. The van der Waals surface area contributed by atoms with E-state index in [9.17, 15) is 4.79 Å². The summed E-state index contributed by atoms with van der Waals surface area (Å²) < 4.78 is 1.85. The Kier molecular flexibility index (Phi) is 5.07. The summed E-state index contributed by atoms with van der Waals surface area (Å²) in [6.07, 6.45) is 8.72. The van der Waals surface area contributed by atoms with Gasteiger partial charge in [0.25, 0.3) is 0 Å². The van der Waals surface area contributed by atoms with Crippen molar-refractivity contribution < 1.29 is 4.79 Å². The van der Waals surface area contributed by atoms with Crippen molar-refractivity contribution in [3.05, 3.63) is 59.8 Å². The highest BCUT2D eigenvalue weighted by Crippen LogP contribution is 2.23. The van der Waals surface area contributed by atoms with Crippen LogP contribution in [0, 0.1) is 5.92 Å². The summed E-state index contributed by atoms with van der Waals surface area (Å²) in [6.45, 7) is 7.29. The Labute approximate surface area is 149 Å². The van der Waals surface area contributed by atoms with Crippen molar-refractivity contribution in [3.8, 4) is 0 Å². The van der Waals surface area contributed by atoms with Gasteiger partial charge in [0.05, 0.1) is 12.7 Å². The fourth-order valence-corrected chi connectivity index (χ4v) is 3.11. The molecule has 0 bridgehead atoms. The number of allylic oxidation sites excluding steroid dienone is 2. The maximum atomic E-state index is 12.4. The summed E-state index contributed by atoms with van der Waals surface area (Å²) in [5, 5.41) is 7.41. The second-order valence-corrected chi connectivity index (χ2v) is 7.79. The van der Waals surface area contributed by atoms with Crippen LogP contribution in [-0.2, 0) is 16.8 Å². The van der Waals surface area contributed by atoms with Crippen LogP contribution in [0.3, 0.4) is 0 Å². The van der Waals surface area contributed by atoms with Crippen molar-refractivity contribution >= 4 is 11.7 Å². The SMILES string of the molecule is CC(C)(C)c1ccc(Cn2nccc2NC(=O)C2CC=CCC2)cc1. The van der Waals surface area contributed by atoms with Gasteiger partial charge in [-0.15, -0.1) is 0 Å². The fourth-order valence-electron chi connectivity index (χ4n) is 3.11. The zero-order valence-electron chi connectivity index (χ0n) is 15.3. The lowest BCUT2D eigenvalue weighted by molar-refractivity contribution is -0.120. The lowest BCUT2D eigenvalue weighted by Crippen LogP contribution is -2.25. The molecule has 25 heavy (non-hydrogen) atoms. The number of carbonyl (C=O) groups excluding carboxylic acids is 1. The molecule has 0 aliphatic heterocycles. The maximum absolute atomic E-state index is 12.4. The molecule has 0 saturated carbocycles. The molecule has 0 fully saturated rings. The summed E-state index contributed by atoms with van der Waals surface area (Å²) in [7, 11) is 0. The molecule has 0 spiro atoms. The Hall–Kier alpha value is -2.36. The van der Waals surface area contributed by atoms with Crippen molar-refractivity contribution in [2.75, 3.05) is 5.32 Å². The van der Waals surface area contributed by atoms with Crippen LogP contribution in [0.25, 0.3) is 0 Å². The van der Waals surface area contributed by atoms with Gasteiger partial charge in [0.2, 0.25) is 5.91 Å². The molecule has 1 aromatic carbocycles. The number of aromatic nitrogens is 2. The summed E-state index contributed by atoms with van der Waals surface area (Å²) in [5.74, 6) is 0.924. The van der Waals surface area contributed by atoms with E-state index in [1.54, 1.807) is 6.20 Å². The number of hydrogen-bond acceptors (Lipinski definition) is 2. The minimum Gasteiger partial charge on any atom is -0.311 e. The topological polar surface area (TPSA) is 46.9 Å². The molecule has 1 heterocycles. The standard InChI is InChI=1S/C21H27N3O/c1-21(2,3)18-11-9-16(10-12-18)15-24-19(13-14-22-24)23-20(25)17-7-5-4-6-8-17/h4-5,9-14,17H,6-8,15H2,1-3H3,(H,23,25). The van der Waals surface area contributed by atoms with E-state index in [1.807, 2.05) is 10.7 Å². The number of amides is 1. The Balaban J connectivity index is 1.67. The van der Waals surface area contributed by atoms with E-state index in [0.717, 1.165) is 25.1 Å². The van der Waals surface area contributed by atoms with Crippen molar-refractivity contribution in [2.24, 2.45) is 5.92 Å². The highest BCUT2D eigenvalue weighted by Gasteiger charge is 2.20. The van der Waals surface area contributed by atoms with E-state index >= 15 is 0 Å². The van der Waals surface area contributed by atoms with Gasteiger partial charge in [-0.05, 0) is 35.8 Å². The third-order valence-electron chi connectivity index (χ3n) is 4.76. The molecule has 0 radical (unpaired) electrons.